The van der Waals surface area contributed by atoms with Gasteiger partial charge in [0, 0.05) is 24.1 Å². The maximum atomic E-state index is 12.3. The number of carbonyl (C=O) groups is 1. The van der Waals surface area contributed by atoms with Crippen LogP contribution in [0.1, 0.15) is 17.5 Å². The molecule has 27 heavy (non-hydrogen) atoms. The predicted octanol–water partition coefficient (Wildman–Crippen LogP) is 3.62. The monoisotopic (exact) mass is 359 g/mol. The van der Waals surface area contributed by atoms with Gasteiger partial charge in [-0.25, -0.2) is 0 Å². The Balaban J connectivity index is 1.36. The molecule has 0 unspecified atom stereocenters. The summed E-state index contributed by atoms with van der Waals surface area (Å²) in [5.41, 5.74) is 3.40. The number of rotatable bonds is 6. The van der Waals surface area contributed by atoms with Crippen molar-refractivity contribution in [2.24, 2.45) is 0 Å². The molecule has 2 heterocycles. The van der Waals surface area contributed by atoms with Crippen LogP contribution in [0.15, 0.2) is 67.0 Å². The van der Waals surface area contributed by atoms with Crippen LogP contribution >= 0.6 is 0 Å². The van der Waals surface area contributed by atoms with Gasteiger partial charge in [0.1, 0.15) is 0 Å². The first-order valence-electron chi connectivity index (χ1n) is 8.97. The highest BCUT2D eigenvalue weighted by Gasteiger charge is 2.09. The van der Waals surface area contributed by atoms with Gasteiger partial charge in [-0.3, -0.25) is 14.2 Å². The summed E-state index contributed by atoms with van der Waals surface area (Å²) in [4.78, 5) is 12.3. The van der Waals surface area contributed by atoms with Crippen LogP contribution in [0.2, 0.25) is 0 Å². The van der Waals surface area contributed by atoms with Gasteiger partial charge in [0.2, 0.25) is 5.91 Å². The van der Waals surface area contributed by atoms with Crippen LogP contribution in [0.3, 0.4) is 0 Å². The molecular formula is C21H21N5O. The Morgan fingerprint density at radius 3 is 2.78 bits per heavy atom. The molecule has 2 aromatic heterocycles. The highest BCUT2D eigenvalue weighted by atomic mass is 16.1. The number of aryl methyl sites for hydroxylation is 2. The number of hydrogen-bond acceptors (Lipinski definition) is 3. The number of aromatic nitrogens is 4. The van der Waals surface area contributed by atoms with E-state index < -0.39 is 0 Å². The number of benzene rings is 2. The molecule has 136 valence electrons. The average Bonchev–Trinajstić information content (AvgIpc) is 3.28. The number of carbonyl (C=O) groups excluding carboxylic acids is 1. The molecular weight excluding hydrogens is 338 g/mol. The van der Waals surface area contributed by atoms with Crippen molar-refractivity contribution in [2.45, 2.75) is 26.4 Å². The summed E-state index contributed by atoms with van der Waals surface area (Å²) in [6.45, 7) is 3.26. The summed E-state index contributed by atoms with van der Waals surface area (Å²) >= 11 is 0. The topological polar surface area (TPSA) is 64.7 Å². The lowest BCUT2D eigenvalue weighted by Gasteiger charge is -2.06. The lowest BCUT2D eigenvalue weighted by Crippen LogP contribution is -2.15. The zero-order valence-corrected chi connectivity index (χ0v) is 15.2. The normalized spacial score (nSPS) is 11.0. The summed E-state index contributed by atoms with van der Waals surface area (Å²) in [6.07, 6.45) is 4.05. The number of nitrogens with one attached hydrogen (secondary N) is 1. The second-order valence-corrected chi connectivity index (χ2v) is 6.56. The van der Waals surface area contributed by atoms with E-state index in [1.165, 1.54) is 5.56 Å². The maximum absolute atomic E-state index is 12.3. The highest BCUT2D eigenvalue weighted by Crippen LogP contribution is 2.18. The van der Waals surface area contributed by atoms with E-state index in [1.807, 2.05) is 58.2 Å². The largest absolute Gasteiger partial charge is 0.309 e. The second-order valence-electron chi connectivity index (χ2n) is 6.56. The predicted molar refractivity (Wildman–Crippen MR) is 105 cm³/mol. The molecule has 0 saturated carbocycles. The SMILES string of the molecule is Cc1cccc2cnn(CCC(=O)Nc3ccn(Cc4ccccc4)n3)c12. The van der Waals surface area contributed by atoms with E-state index in [-0.39, 0.29) is 5.91 Å². The van der Waals surface area contributed by atoms with E-state index in [4.69, 9.17) is 0 Å². The lowest BCUT2D eigenvalue weighted by atomic mass is 10.2. The maximum Gasteiger partial charge on any atom is 0.227 e. The Kier molecular flexibility index (Phi) is 4.70. The fraction of sp³-hybridized carbons (Fsp3) is 0.190. The van der Waals surface area contributed by atoms with Crippen molar-refractivity contribution in [3.05, 3.63) is 78.1 Å². The molecule has 0 aliphatic rings. The Morgan fingerprint density at radius 1 is 1.07 bits per heavy atom. The second kappa shape index (κ2) is 7.45. The number of para-hydroxylation sites is 1. The van der Waals surface area contributed by atoms with Gasteiger partial charge in [-0.05, 0) is 18.1 Å². The summed E-state index contributed by atoms with van der Waals surface area (Å²) in [6, 6.07) is 18.0. The minimum atomic E-state index is -0.0720. The lowest BCUT2D eigenvalue weighted by molar-refractivity contribution is -0.116. The van der Waals surface area contributed by atoms with Crippen molar-refractivity contribution >= 4 is 22.6 Å². The van der Waals surface area contributed by atoms with Crippen molar-refractivity contribution in [3.63, 3.8) is 0 Å². The van der Waals surface area contributed by atoms with E-state index in [1.54, 1.807) is 0 Å². The van der Waals surface area contributed by atoms with E-state index in [2.05, 4.69) is 40.6 Å². The first-order chi connectivity index (χ1) is 13.2. The molecule has 0 aliphatic carbocycles. The van der Waals surface area contributed by atoms with Gasteiger partial charge < -0.3 is 5.32 Å². The van der Waals surface area contributed by atoms with Crippen LogP contribution in [-0.4, -0.2) is 25.5 Å². The minimum absolute atomic E-state index is 0.0720. The number of amides is 1. The van der Waals surface area contributed by atoms with Gasteiger partial charge in [0.05, 0.1) is 24.8 Å². The number of fused-ring (bicyclic) bond motifs is 1. The zero-order valence-electron chi connectivity index (χ0n) is 15.2. The Labute approximate surface area is 157 Å². The smallest absolute Gasteiger partial charge is 0.227 e. The third-order valence-corrected chi connectivity index (χ3v) is 4.51. The van der Waals surface area contributed by atoms with Gasteiger partial charge in [0.15, 0.2) is 5.82 Å². The number of nitrogens with zero attached hydrogens (tertiary/aromatic N) is 4. The Morgan fingerprint density at radius 2 is 1.93 bits per heavy atom. The molecule has 6 heteroatoms. The molecule has 4 aromatic rings. The number of hydrogen-bond donors (Lipinski definition) is 1. The number of anilines is 1. The first-order valence-corrected chi connectivity index (χ1v) is 8.97. The average molecular weight is 359 g/mol. The van der Waals surface area contributed by atoms with Crippen LogP contribution < -0.4 is 5.32 Å². The molecule has 1 amide bonds. The van der Waals surface area contributed by atoms with Crippen molar-refractivity contribution in [1.29, 1.82) is 0 Å². The van der Waals surface area contributed by atoms with Crippen LogP contribution in [0.4, 0.5) is 5.82 Å². The molecule has 0 atom stereocenters. The van der Waals surface area contributed by atoms with Gasteiger partial charge in [-0.1, -0.05) is 48.5 Å². The van der Waals surface area contributed by atoms with Crippen molar-refractivity contribution in [2.75, 3.05) is 5.32 Å². The van der Waals surface area contributed by atoms with E-state index in [0.29, 0.717) is 25.3 Å². The minimum Gasteiger partial charge on any atom is -0.309 e. The molecule has 0 bridgehead atoms. The van der Waals surface area contributed by atoms with Crippen LogP contribution in [0, 0.1) is 6.92 Å². The standard InChI is InChI=1S/C21H21N5O/c1-16-6-5-9-18-14-22-26(21(16)18)13-11-20(27)23-19-10-12-25(24-19)15-17-7-3-2-4-8-17/h2-10,12,14H,11,13,15H2,1H3,(H,23,24,27). The Hall–Kier alpha value is -3.41. The summed E-state index contributed by atoms with van der Waals surface area (Å²) in [5, 5.41) is 12.8. The summed E-state index contributed by atoms with van der Waals surface area (Å²) in [7, 11) is 0. The molecule has 1 N–H and O–H groups in total. The molecule has 0 aliphatic heterocycles. The molecule has 0 saturated heterocycles. The van der Waals surface area contributed by atoms with Crippen LogP contribution in [-0.2, 0) is 17.9 Å². The van der Waals surface area contributed by atoms with Gasteiger partial charge >= 0.3 is 0 Å². The zero-order chi connectivity index (χ0) is 18.6. The molecule has 0 radical (unpaired) electrons. The van der Waals surface area contributed by atoms with Crippen molar-refractivity contribution in [1.82, 2.24) is 19.6 Å². The molecule has 4 rings (SSSR count). The first kappa shape index (κ1) is 17.0. The van der Waals surface area contributed by atoms with Crippen molar-refractivity contribution in [3.8, 4) is 0 Å². The molecule has 6 nitrogen and oxygen atoms in total. The molecule has 2 aromatic carbocycles. The third kappa shape index (κ3) is 3.89. The summed E-state index contributed by atoms with van der Waals surface area (Å²) < 4.78 is 3.70. The van der Waals surface area contributed by atoms with E-state index in [9.17, 15) is 4.79 Å². The van der Waals surface area contributed by atoms with Crippen LogP contribution in [0.25, 0.3) is 10.9 Å². The molecule has 0 spiro atoms. The van der Waals surface area contributed by atoms with Gasteiger partial charge in [-0.2, -0.15) is 10.2 Å². The van der Waals surface area contributed by atoms with Gasteiger partial charge in [0.25, 0.3) is 0 Å². The van der Waals surface area contributed by atoms with E-state index in [0.717, 1.165) is 16.5 Å². The fourth-order valence-corrected chi connectivity index (χ4v) is 3.20. The van der Waals surface area contributed by atoms with Crippen molar-refractivity contribution < 1.29 is 4.79 Å². The Bertz CT molecular complexity index is 1060. The summed E-state index contributed by atoms with van der Waals surface area (Å²) in [5.74, 6) is 0.495. The fourth-order valence-electron chi connectivity index (χ4n) is 3.20. The van der Waals surface area contributed by atoms with Crippen LogP contribution in [0.5, 0.6) is 0 Å². The molecule has 0 fully saturated rings. The van der Waals surface area contributed by atoms with Gasteiger partial charge in [-0.15, -0.1) is 0 Å². The van der Waals surface area contributed by atoms with E-state index >= 15 is 0 Å². The quantitative estimate of drug-likeness (QED) is 0.572. The third-order valence-electron chi connectivity index (χ3n) is 4.51. The highest BCUT2D eigenvalue weighted by molar-refractivity contribution is 5.89.